The van der Waals surface area contributed by atoms with E-state index in [1.165, 1.54) is 25.7 Å². The van der Waals surface area contributed by atoms with Gasteiger partial charge in [0.25, 0.3) is 0 Å². The maximum atomic E-state index is 11.7. The van der Waals surface area contributed by atoms with Crippen LogP contribution in [0.25, 0.3) is 0 Å². The summed E-state index contributed by atoms with van der Waals surface area (Å²) in [6, 6.07) is 0.583. The van der Waals surface area contributed by atoms with Crippen LogP contribution in [0.2, 0.25) is 0 Å². The van der Waals surface area contributed by atoms with E-state index < -0.39 is 11.7 Å². The first-order valence-electron chi connectivity index (χ1n) is 7.20. The van der Waals surface area contributed by atoms with Crippen molar-refractivity contribution in [2.45, 2.75) is 64.6 Å². The van der Waals surface area contributed by atoms with Crippen molar-refractivity contribution in [3.8, 4) is 0 Å². The second-order valence-corrected chi connectivity index (χ2v) is 6.26. The van der Waals surface area contributed by atoms with E-state index in [0.29, 0.717) is 18.4 Å². The predicted molar refractivity (Wildman–Crippen MR) is 77.5 cm³/mol. The van der Waals surface area contributed by atoms with E-state index in [1.807, 2.05) is 20.8 Å². The van der Waals surface area contributed by atoms with Crippen molar-refractivity contribution in [2.75, 3.05) is 5.32 Å². The van der Waals surface area contributed by atoms with Crippen molar-refractivity contribution in [1.82, 2.24) is 15.5 Å². The van der Waals surface area contributed by atoms with Gasteiger partial charge in [-0.15, -0.1) is 0 Å². The molecule has 1 aliphatic rings. The number of carbonyl (C=O) groups is 1. The standard InChI is InChI=1S/C14H24N4O2/c1-14(2,3)20-13(19)17-12-10(9-16-18-12)8-15-11-6-4-5-7-11/h9,11,15H,4-8H2,1-3H3,(H2,16,17,18,19). The number of ether oxygens (including phenoxy) is 1. The predicted octanol–water partition coefficient (Wildman–Crippen LogP) is 2.79. The van der Waals surface area contributed by atoms with Gasteiger partial charge in [-0.05, 0) is 33.6 Å². The van der Waals surface area contributed by atoms with E-state index in [-0.39, 0.29) is 0 Å². The van der Waals surface area contributed by atoms with E-state index >= 15 is 0 Å². The minimum Gasteiger partial charge on any atom is -0.444 e. The molecule has 1 fully saturated rings. The zero-order chi connectivity index (χ0) is 14.6. The summed E-state index contributed by atoms with van der Waals surface area (Å²) in [7, 11) is 0. The number of hydrogen-bond acceptors (Lipinski definition) is 4. The number of rotatable bonds is 4. The first-order valence-corrected chi connectivity index (χ1v) is 7.20. The Labute approximate surface area is 119 Å². The maximum Gasteiger partial charge on any atom is 0.413 e. The zero-order valence-corrected chi connectivity index (χ0v) is 12.5. The lowest BCUT2D eigenvalue weighted by atomic mass is 10.2. The molecule has 2 rings (SSSR count). The molecule has 0 spiro atoms. The van der Waals surface area contributed by atoms with Crippen LogP contribution in [0.3, 0.4) is 0 Å². The van der Waals surface area contributed by atoms with Gasteiger partial charge in [0.05, 0.1) is 6.20 Å². The van der Waals surface area contributed by atoms with Crippen molar-refractivity contribution < 1.29 is 9.53 Å². The third kappa shape index (κ3) is 4.52. The molecule has 20 heavy (non-hydrogen) atoms. The fraction of sp³-hybridized carbons (Fsp3) is 0.714. The molecule has 0 aromatic carbocycles. The van der Waals surface area contributed by atoms with Crippen LogP contribution in [0.4, 0.5) is 10.6 Å². The van der Waals surface area contributed by atoms with Crippen molar-refractivity contribution in [2.24, 2.45) is 0 Å². The van der Waals surface area contributed by atoms with Gasteiger partial charge in [0.15, 0.2) is 0 Å². The Morgan fingerprint density at radius 2 is 2.15 bits per heavy atom. The lowest BCUT2D eigenvalue weighted by Crippen LogP contribution is -2.28. The third-order valence-electron chi connectivity index (χ3n) is 3.28. The highest BCUT2D eigenvalue weighted by Gasteiger charge is 2.19. The summed E-state index contributed by atoms with van der Waals surface area (Å²) in [5.41, 5.74) is 0.439. The van der Waals surface area contributed by atoms with Crippen LogP contribution in [0.15, 0.2) is 6.20 Å². The fourth-order valence-corrected chi connectivity index (χ4v) is 2.34. The molecule has 0 aliphatic heterocycles. The second-order valence-electron chi connectivity index (χ2n) is 6.26. The largest absolute Gasteiger partial charge is 0.444 e. The van der Waals surface area contributed by atoms with Crippen LogP contribution < -0.4 is 10.6 Å². The summed E-state index contributed by atoms with van der Waals surface area (Å²) in [5, 5.41) is 13.0. The van der Waals surface area contributed by atoms with Crippen molar-refractivity contribution in [1.29, 1.82) is 0 Å². The molecule has 1 saturated carbocycles. The Morgan fingerprint density at radius 1 is 1.45 bits per heavy atom. The average molecular weight is 280 g/mol. The fourth-order valence-electron chi connectivity index (χ4n) is 2.34. The molecule has 0 atom stereocenters. The maximum absolute atomic E-state index is 11.7. The van der Waals surface area contributed by atoms with Crippen LogP contribution in [0.1, 0.15) is 52.0 Å². The first kappa shape index (κ1) is 14.8. The monoisotopic (exact) mass is 280 g/mol. The SMILES string of the molecule is CC(C)(C)OC(=O)Nc1[nH]ncc1CNC1CCCC1. The average Bonchev–Trinajstić information content (AvgIpc) is 2.94. The van der Waals surface area contributed by atoms with Crippen LogP contribution in [-0.2, 0) is 11.3 Å². The summed E-state index contributed by atoms with van der Waals surface area (Å²) in [6.45, 7) is 6.21. The molecular weight excluding hydrogens is 256 g/mol. The Kier molecular flexibility index (Phi) is 4.65. The minimum absolute atomic E-state index is 0.469. The van der Waals surface area contributed by atoms with Gasteiger partial charge in [-0.2, -0.15) is 5.10 Å². The lowest BCUT2D eigenvalue weighted by Gasteiger charge is -2.19. The number of hydrogen-bond donors (Lipinski definition) is 3. The van der Waals surface area contributed by atoms with Crippen LogP contribution in [0.5, 0.6) is 0 Å². The summed E-state index contributed by atoms with van der Waals surface area (Å²) < 4.78 is 5.23. The molecule has 1 aromatic heterocycles. The van der Waals surface area contributed by atoms with E-state index in [1.54, 1.807) is 6.20 Å². The molecule has 112 valence electrons. The Hall–Kier alpha value is -1.56. The summed E-state index contributed by atoms with van der Waals surface area (Å²) in [5.74, 6) is 0.602. The number of nitrogens with one attached hydrogen (secondary N) is 3. The van der Waals surface area contributed by atoms with Gasteiger partial charge in [-0.3, -0.25) is 10.4 Å². The zero-order valence-electron chi connectivity index (χ0n) is 12.5. The first-order chi connectivity index (χ1) is 9.44. The Bertz CT molecular complexity index is 444. The highest BCUT2D eigenvalue weighted by Crippen LogP contribution is 2.19. The normalized spacial score (nSPS) is 16.4. The summed E-state index contributed by atoms with van der Waals surface area (Å²) in [4.78, 5) is 11.7. The number of aromatic amines is 1. The van der Waals surface area contributed by atoms with Gasteiger partial charge in [0, 0.05) is 18.2 Å². The molecule has 1 heterocycles. The van der Waals surface area contributed by atoms with E-state index in [9.17, 15) is 4.79 Å². The molecule has 0 unspecified atom stereocenters. The van der Waals surface area contributed by atoms with Gasteiger partial charge >= 0.3 is 6.09 Å². The number of carbonyl (C=O) groups excluding carboxylic acids is 1. The number of aromatic nitrogens is 2. The van der Waals surface area contributed by atoms with Gasteiger partial charge in [0.2, 0.25) is 0 Å². The van der Waals surface area contributed by atoms with Gasteiger partial charge in [-0.25, -0.2) is 4.79 Å². The van der Waals surface area contributed by atoms with E-state index in [2.05, 4.69) is 20.8 Å². The van der Waals surface area contributed by atoms with Crippen LogP contribution >= 0.6 is 0 Å². The molecule has 6 heteroatoms. The molecule has 1 amide bonds. The molecule has 0 bridgehead atoms. The van der Waals surface area contributed by atoms with Crippen LogP contribution in [-0.4, -0.2) is 27.9 Å². The molecule has 3 N–H and O–H groups in total. The number of anilines is 1. The minimum atomic E-state index is -0.508. The Balaban J connectivity index is 1.86. The highest BCUT2D eigenvalue weighted by atomic mass is 16.6. The molecule has 0 saturated heterocycles. The van der Waals surface area contributed by atoms with E-state index in [4.69, 9.17) is 4.74 Å². The van der Waals surface area contributed by atoms with Crippen molar-refractivity contribution >= 4 is 11.9 Å². The van der Waals surface area contributed by atoms with E-state index in [0.717, 1.165) is 5.56 Å². The third-order valence-corrected chi connectivity index (χ3v) is 3.28. The Morgan fingerprint density at radius 3 is 2.80 bits per heavy atom. The summed E-state index contributed by atoms with van der Waals surface area (Å²) >= 11 is 0. The molecule has 0 radical (unpaired) electrons. The summed E-state index contributed by atoms with van der Waals surface area (Å²) in [6.07, 6.45) is 6.32. The quantitative estimate of drug-likeness (QED) is 0.792. The smallest absolute Gasteiger partial charge is 0.413 e. The number of nitrogens with zero attached hydrogens (tertiary/aromatic N) is 1. The lowest BCUT2D eigenvalue weighted by molar-refractivity contribution is 0.0635. The number of amides is 1. The van der Waals surface area contributed by atoms with Gasteiger partial charge < -0.3 is 10.1 Å². The second kappa shape index (κ2) is 6.26. The highest BCUT2D eigenvalue weighted by molar-refractivity contribution is 5.84. The molecule has 6 nitrogen and oxygen atoms in total. The van der Waals surface area contributed by atoms with Gasteiger partial charge in [0.1, 0.15) is 11.4 Å². The van der Waals surface area contributed by atoms with Crippen molar-refractivity contribution in [3.63, 3.8) is 0 Å². The molecular formula is C14H24N4O2. The molecule has 1 aliphatic carbocycles. The topological polar surface area (TPSA) is 79.0 Å². The van der Waals surface area contributed by atoms with Crippen LogP contribution in [0, 0.1) is 0 Å². The number of H-pyrrole nitrogens is 1. The molecule has 1 aromatic rings. The van der Waals surface area contributed by atoms with Gasteiger partial charge in [-0.1, -0.05) is 12.8 Å². The van der Waals surface area contributed by atoms with Crippen molar-refractivity contribution in [3.05, 3.63) is 11.8 Å².